The van der Waals surface area contributed by atoms with Crippen molar-refractivity contribution in [2.75, 3.05) is 0 Å². The molecule has 0 bridgehead atoms. The lowest BCUT2D eigenvalue weighted by Crippen LogP contribution is -1.94. The lowest BCUT2D eigenvalue weighted by atomic mass is 10.00. The van der Waals surface area contributed by atoms with E-state index in [0.29, 0.717) is 0 Å². The molecule has 0 fully saturated rings. The predicted molar refractivity (Wildman–Crippen MR) is 277 cm³/mol. The maximum Gasteiger partial charge on any atom is 0.0634 e. The summed E-state index contributed by atoms with van der Waals surface area (Å²) < 4.78 is 10.2. The Morgan fingerprint density at radius 1 is 0.250 bits per heavy atom. The van der Waals surface area contributed by atoms with Crippen LogP contribution in [0.2, 0.25) is 0 Å². The van der Waals surface area contributed by atoms with Gasteiger partial charge in [-0.3, -0.25) is 0 Å². The van der Waals surface area contributed by atoms with Gasteiger partial charge >= 0.3 is 0 Å². The van der Waals surface area contributed by atoms with Crippen molar-refractivity contribution in [3.8, 4) is 44.8 Å². The van der Waals surface area contributed by atoms with Gasteiger partial charge in [0.05, 0.1) is 22.1 Å². The zero-order valence-corrected chi connectivity index (χ0v) is 36.1. The molecule has 64 heavy (non-hydrogen) atoms. The van der Waals surface area contributed by atoms with Crippen LogP contribution in [0.5, 0.6) is 0 Å². The first-order chi connectivity index (χ1) is 31.7. The molecule has 14 rings (SSSR count). The molecule has 0 saturated heterocycles. The van der Waals surface area contributed by atoms with Gasteiger partial charge in [-0.05, 0) is 106 Å². The summed E-state index contributed by atoms with van der Waals surface area (Å²) in [6, 6.07) is 80.8. The van der Waals surface area contributed by atoms with Crippen LogP contribution in [0.15, 0.2) is 218 Å². The van der Waals surface area contributed by atoms with E-state index < -0.39 is 0 Å². The monoisotopic (exact) mass is 848 g/mol. The van der Waals surface area contributed by atoms with Crippen LogP contribution in [0.3, 0.4) is 0 Å². The maximum absolute atomic E-state index is 2.50. The molecular formula is C60H36N2S2. The molecule has 0 spiro atoms. The minimum absolute atomic E-state index is 1.16. The first-order valence-corrected chi connectivity index (χ1v) is 23.5. The smallest absolute Gasteiger partial charge is 0.0634 e. The SMILES string of the molecule is c1ccc(-c2ccc(-n3c4ccc(-c5ccc6c(c5)c5ccc7sc8ccccc8c7c5n6-c5ccc(-c6ccccc6)cc5)cc4c4ccc5sc6ccccc6c5c43)cc2)cc1. The van der Waals surface area contributed by atoms with E-state index in [1.165, 1.54) is 117 Å². The second kappa shape index (κ2) is 13.9. The van der Waals surface area contributed by atoms with Gasteiger partial charge in [-0.25, -0.2) is 0 Å². The van der Waals surface area contributed by atoms with E-state index in [1.807, 2.05) is 22.7 Å². The molecule has 4 heteroatoms. The van der Waals surface area contributed by atoms with Crippen molar-refractivity contribution in [2.45, 2.75) is 0 Å². The van der Waals surface area contributed by atoms with Crippen LogP contribution in [0.25, 0.3) is 129 Å². The number of benzene rings is 10. The summed E-state index contributed by atoms with van der Waals surface area (Å²) in [7, 11) is 0. The maximum atomic E-state index is 2.50. The summed E-state index contributed by atoms with van der Waals surface area (Å²) in [5, 5.41) is 10.3. The molecule has 0 radical (unpaired) electrons. The first kappa shape index (κ1) is 35.8. The Morgan fingerprint density at radius 2 is 0.625 bits per heavy atom. The number of rotatable bonds is 5. The Morgan fingerprint density at radius 3 is 1.06 bits per heavy atom. The highest BCUT2D eigenvalue weighted by atomic mass is 32.1. The van der Waals surface area contributed by atoms with E-state index in [4.69, 9.17) is 0 Å². The topological polar surface area (TPSA) is 9.86 Å². The van der Waals surface area contributed by atoms with Gasteiger partial charge in [0.25, 0.3) is 0 Å². The van der Waals surface area contributed by atoms with Gasteiger partial charge in [-0.1, -0.05) is 146 Å². The Labute approximate surface area is 376 Å². The van der Waals surface area contributed by atoms with Crippen molar-refractivity contribution in [2.24, 2.45) is 0 Å². The van der Waals surface area contributed by atoms with Gasteiger partial charge in [0.1, 0.15) is 0 Å². The second-order valence-corrected chi connectivity index (χ2v) is 19.0. The highest BCUT2D eigenvalue weighted by Gasteiger charge is 2.21. The largest absolute Gasteiger partial charge is 0.309 e. The molecule has 0 unspecified atom stereocenters. The zero-order chi connectivity index (χ0) is 41.9. The molecule has 0 N–H and O–H groups in total. The minimum atomic E-state index is 1.16. The Balaban J connectivity index is 0.991. The summed E-state index contributed by atoms with van der Waals surface area (Å²) in [5.41, 5.74) is 14.5. The third-order valence-corrected chi connectivity index (χ3v) is 15.6. The molecule has 10 aromatic carbocycles. The van der Waals surface area contributed by atoms with E-state index >= 15 is 0 Å². The van der Waals surface area contributed by atoms with Crippen molar-refractivity contribution in [3.05, 3.63) is 218 Å². The van der Waals surface area contributed by atoms with Gasteiger partial charge in [0, 0.05) is 73.3 Å². The Hall–Kier alpha value is -7.76. The standard InChI is InChI=1S/C60H36N2S2/c1-3-11-37(12-4-1)39-19-25-43(26-20-39)61-51-31-23-41(35-49(51)45-29-33-55-57(59(45)61)47-15-7-9-17-53(47)63-55)42-24-32-52-50(36-42)46-30-34-56-58(48-16-8-10-18-54(48)64-56)60(46)62(52)44-27-21-40(22-28-44)38-13-5-2-6-14-38/h1-36H. The van der Waals surface area contributed by atoms with Crippen LogP contribution in [-0.2, 0) is 0 Å². The van der Waals surface area contributed by atoms with Crippen molar-refractivity contribution < 1.29 is 0 Å². The molecule has 14 aromatic rings. The van der Waals surface area contributed by atoms with Crippen LogP contribution in [-0.4, -0.2) is 9.13 Å². The van der Waals surface area contributed by atoms with E-state index in [9.17, 15) is 0 Å². The first-order valence-electron chi connectivity index (χ1n) is 21.8. The van der Waals surface area contributed by atoms with Gasteiger partial charge < -0.3 is 9.13 Å². The van der Waals surface area contributed by atoms with E-state index in [1.54, 1.807) is 0 Å². The van der Waals surface area contributed by atoms with Gasteiger partial charge in [-0.15, -0.1) is 22.7 Å². The van der Waals surface area contributed by atoms with E-state index in [-0.39, 0.29) is 0 Å². The Kier molecular flexibility index (Phi) is 7.76. The molecular weight excluding hydrogens is 813 g/mol. The fourth-order valence-corrected chi connectivity index (χ4v) is 12.6. The van der Waals surface area contributed by atoms with Gasteiger partial charge in [0.15, 0.2) is 0 Å². The number of hydrogen-bond acceptors (Lipinski definition) is 2. The highest BCUT2D eigenvalue weighted by Crippen LogP contribution is 2.46. The van der Waals surface area contributed by atoms with Crippen molar-refractivity contribution in [1.82, 2.24) is 9.13 Å². The molecule has 0 aliphatic carbocycles. The van der Waals surface area contributed by atoms with E-state index in [0.717, 1.165) is 11.4 Å². The molecule has 0 amide bonds. The quantitative estimate of drug-likeness (QED) is 0.163. The van der Waals surface area contributed by atoms with Crippen molar-refractivity contribution in [1.29, 1.82) is 0 Å². The van der Waals surface area contributed by atoms with E-state index in [2.05, 4.69) is 228 Å². The van der Waals surface area contributed by atoms with Gasteiger partial charge in [0.2, 0.25) is 0 Å². The molecule has 2 nitrogen and oxygen atoms in total. The fourth-order valence-electron chi connectivity index (χ4n) is 10.4. The predicted octanol–water partition coefficient (Wildman–Crippen LogP) is 17.6. The zero-order valence-electron chi connectivity index (χ0n) is 34.5. The summed E-state index contributed by atoms with van der Waals surface area (Å²) >= 11 is 3.76. The van der Waals surface area contributed by atoms with Crippen molar-refractivity contribution in [3.63, 3.8) is 0 Å². The molecule has 0 atom stereocenters. The Bertz CT molecular complexity index is 3880. The molecule has 0 saturated carbocycles. The molecule has 0 aliphatic heterocycles. The van der Waals surface area contributed by atoms with Crippen LogP contribution < -0.4 is 0 Å². The van der Waals surface area contributed by atoms with Crippen LogP contribution in [0.4, 0.5) is 0 Å². The fraction of sp³-hybridized carbons (Fsp3) is 0. The normalized spacial score (nSPS) is 12.1. The average molecular weight is 849 g/mol. The van der Waals surface area contributed by atoms with Crippen molar-refractivity contribution >= 4 is 107 Å². The van der Waals surface area contributed by atoms with Gasteiger partial charge in [-0.2, -0.15) is 0 Å². The number of nitrogens with zero attached hydrogens (tertiary/aromatic N) is 2. The summed E-state index contributed by atoms with van der Waals surface area (Å²) in [4.78, 5) is 0. The summed E-state index contributed by atoms with van der Waals surface area (Å²) in [6.45, 7) is 0. The average Bonchev–Trinajstić information content (AvgIpc) is 4.12. The van der Waals surface area contributed by atoms with Crippen LogP contribution in [0.1, 0.15) is 0 Å². The molecule has 298 valence electrons. The number of thiophene rings is 2. The number of hydrogen-bond donors (Lipinski definition) is 0. The third-order valence-electron chi connectivity index (χ3n) is 13.3. The molecule has 0 aliphatic rings. The minimum Gasteiger partial charge on any atom is -0.309 e. The number of aromatic nitrogens is 2. The summed E-state index contributed by atoms with van der Waals surface area (Å²) in [5.74, 6) is 0. The second-order valence-electron chi connectivity index (χ2n) is 16.8. The highest BCUT2D eigenvalue weighted by molar-refractivity contribution is 7.26. The summed E-state index contributed by atoms with van der Waals surface area (Å²) in [6.07, 6.45) is 0. The number of fused-ring (bicyclic) bond motifs is 14. The third kappa shape index (κ3) is 5.30. The molecule has 4 heterocycles. The molecule has 4 aromatic heterocycles. The lowest BCUT2D eigenvalue weighted by molar-refractivity contribution is 1.19. The van der Waals surface area contributed by atoms with Crippen LogP contribution >= 0.6 is 22.7 Å². The lowest BCUT2D eigenvalue weighted by Gasteiger charge is -2.11. The van der Waals surface area contributed by atoms with Crippen LogP contribution in [0, 0.1) is 0 Å².